The van der Waals surface area contributed by atoms with Gasteiger partial charge in [-0.3, -0.25) is 9.59 Å². The van der Waals surface area contributed by atoms with E-state index in [-0.39, 0.29) is 18.3 Å². The predicted octanol–water partition coefficient (Wildman–Crippen LogP) is 3.98. The maximum absolute atomic E-state index is 11.9. The third-order valence-corrected chi connectivity index (χ3v) is 3.96. The lowest BCUT2D eigenvalue weighted by atomic mass is 10.1. The Labute approximate surface area is 137 Å². The molecule has 2 aromatic rings. The Hall–Kier alpha value is -2.14. The van der Waals surface area contributed by atoms with Crippen molar-refractivity contribution in [3.8, 4) is 5.75 Å². The lowest BCUT2D eigenvalue weighted by Crippen LogP contribution is -2.20. The van der Waals surface area contributed by atoms with Gasteiger partial charge in [-0.25, -0.2) is 0 Å². The summed E-state index contributed by atoms with van der Waals surface area (Å²) in [4.78, 5) is 23.0. The van der Waals surface area contributed by atoms with Crippen molar-refractivity contribution >= 4 is 33.3 Å². The predicted molar refractivity (Wildman–Crippen MR) is 89.5 cm³/mol. The Bertz CT molecular complexity index is 696. The van der Waals surface area contributed by atoms with E-state index < -0.39 is 0 Å². The number of aryl methyl sites for hydroxylation is 1. The molecule has 0 spiro atoms. The summed E-state index contributed by atoms with van der Waals surface area (Å²) in [6.45, 7) is 3.37. The van der Waals surface area contributed by atoms with Crippen LogP contribution in [0.1, 0.15) is 22.8 Å². The van der Waals surface area contributed by atoms with E-state index in [1.807, 2.05) is 25.1 Å². The fraction of sp³-hybridized carbons (Fsp3) is 0.176. The number of benzene rings is 2. The van der Waals surface area contributed by atoms with Crippen LogP contribution in [0.4, 0.5) is 5.69 Å². The Morgan fingerprint density at radius 1 is 1.14 bits per heavy atom. The minimum atomic E-state index is -0.239. The maximum Gasteiger partial charge on any atom is 0.262 e. The van der Waals surface area contributed by atoms with E-state index in [1.165, 1.54) is 6.92 Å². The number of anilines is 1. The zero-order valence-electron chi connectivity index (χ0n) is 12.4. The molecule has 0 saturated heterocycles. The molecule has 0 saturated carbocycles. The Morgan fingerprint density at radius 2 is 1.82 bits per heavy atom. The first-order valence-corrected chi connectivity index (χ1v) is 7.55. The van der Waals surface area contributed by atoms with Crippen LogP contribution in [-0.4, -0.2) is 18.3 Å². The van der Waals surface area contributed by atoms with Crippen LogP contribution in [0.3, 0.4) is 0 Å². The first-order valence-electron chi connectivity index (χ1n) is 6.75. The second-order valence-electron chi connectivity index (χ2n) is 4.88. The molecule has 0 fully saturated rings. The van der Waals surface area contributed by atoms with Gasteiger partial charge in [0.25, 0.3) is 5.91 Å². The molecule has 0 atom stereocenters. The molecule has 2 rings (SSSR count). The lowest BCUT2D eigenvalue weighted by molar-refractivity contribution is -0.118. The highest BCUT2D eigenvalue weighted by Gasteiger charge is 2.06. The molecule has 0 aliphatic rings. The van der Waals surface area contributed by atoms with Crippen molar-refractivity contribution in [3.05, 3.63) is 58.1 Å². The molecular formula is C17H16BrNO3. The van der Waals surface area contributed by atoms with Crippen LogP contribution < -0.4 is 10.1 Å². The number of carbonyl (C=O) groups excluding carboxylic acids is 2. The zero-order chi connectivity index (χ0) is 16.1. The third-order valence-electron chi connectivity index (χ3n) is 3.07. The Kier molecular flexibility index (Phi) is 5.33. The van der Waals surface area contributed by atoms with Gasteiger partial charge < -0.3 is 10.1 Å². The third kappa shape index (κ3) is 4.43. The van der Waals surface area contributed by atoms with Gasteiger partial charge in [-0.05, 0) is 61.9 Å². The van der Waals surface area contributed by atoms with Crippen molar-refractivity contribution < 1.29 is 14.3 Å². The van der Waals surface area contributed by atoms with Crippen LogP contribution in [0.15, 0.2) is 46.9 Å². The number of hydrogen-bond donors (Lipinski definition) is 1. The number of ether oxygens (including phenoxy) is 1. The van der Waals surface area contributed by atoms with Gasteiger partial charge in [0.05, 0.1) is 0 Å². The molecule has 0 aromatic heterocycles. The summed E-state index contributed by atoms with van der Waals surface area (Å²) in [6, 6.07) is 12.3. The molecule has 1 N–H and O–H groups in total. The standard InChI is InChI=1S/C17H16BrNO3/c1-11-9-14(5-8-16(11)18)19-17(21)10-22-15-6-3-13(4-7-15)12(2)20/h3-9H,10H2,1-2H3,(H,19,21). The van der Waals surface area contributed by atoms with E-state index in [0.29, 0.717) is 11.3 Å². The van der Waals surface area contributed by atoms with Crippen LogP contribution in [-0.2, 0) is 4.79 Å². The van der Waals surface area contributed by atoms with Crippen molar-refractivity contribution in [1.82, 2.24) is 0 Å². The summed E-state index contributed by atoms with van der Waals surface area (Å²) in [5.74, 6) is 0.305. The van der Waals surface area contributed by atoms with Crippen molar-refractivity contribution in [2.24, 2.45) is 0 Å². The smallest absolute Gasteiger partial charge is 0.262 e. The minimum Gasteiger partial charge on any atom is -0.484 e. The van der Waals surface area contributed by atoms with Gasteiger partial charge >= 0.3 is 0 Å². The highest BCUT2D eigenvalue weighted by atomic mass is 79.9. The molecule has 5 heteroatoms. The summed E-state index contributed by atoms with van der Waals surface area (Å²) in [5, 5.41) is 2.77. The largest absolute Gasteiger partial charge is 0.484 e. The lowest BCUT2D eigenvalue weighted by Gasteiger charge is -2.09. The van der Waals surface area contributed by atoms with Gasteiger partial charge in [-0.1, -0.05) is 15.9 Å². The highest BCUT2D eigenvalue weighted by molar-refractivity contribution is 9.10. The summed E-state index contributed by atoms with van der Waals surface area (Å²) >= 11 is 3.41. The summed E-state index contributed by atoms with van der Waals surface area (Å²) in [7, 11) is 0. The van der Waals surface area contributed by atoms with E-state index in [2.05, 4.69) is 21.2 Å². The Morgan fingerprint density at radius 3 is 2.41 bits per heavy atom. The van der Waals surface area contributed by atoms with Gasteiger partial charge in [0.1, 0.15) is 5.75 Å². The molecule has 0 unspecified atom stereocenters. The van der Waals surface area contributed by atoms with Crippen molar-refractivity contribution in [2.75, 3.05) is 11.9 Å². The van der Waals surface area contributed by atoms with E-state index in [4.69, 9.17) is 4.74 Å². The number of carbonyl (C=O) groups is 2. The van der Waals surface area contributed by atoms with E-state index in [0.717, 1.165) is 15.7 Å². The average Bonchev–Trinajstić information content (AvgIpc) is 2.49. The number of amides is 1. The molecule has 0 radical (unpaired) electrons. The van der Waals surface area contributed by atoms with Crippen LogP contribution in [0, 0.1) is 6.92 Å². The van der Waals surface area contributed by atoms with Crippen molar-refractivity contribution in [3.63, 3.8) is 0 Å². The van der Waals surface area contributed by atoms with Crippen molar-refractivity contribution in [2.45, 2.75) is 13.8 Å². The second-order valence-corrected chi connectivity index (χ2v) is 5.74. The van der Waals surface area contributed by atoms with Gasteiger partial charge in [0, 0.05) is 15.7 Å². The number of Topliss-reactive ketones (excluding diaryl/α,β-unsaturated/α-hetero) is 1. The molecule has 0 bridgehead atoms. The van der Waals surface area contributed by atoms with Crippen LogP contribution >= 0.6 is 15.9 Å². The van der Waals surface area contributed by atoms with Gasteiger partial charge in [-0.2, -0.15) is 0 Å². The van der Waals surface area contributed by atoms with E-state index in [9.17, 15) is 9.59 Å². The molecular weight excluding hydrogens is 346 g/mol. The van der Waals surface area contributed by atoms with E-state index in [1.54, 1.807) is 24.3 Å². The first kappa shape index (κ1) is 16.2. The fourth-order valence-corrected chi connectivity index (χ4v) is 2.10. The maximum atomic E-state index is 11.9. The Balaban J connectivity index is 1.89. The molecule has 2 aromatic carbocycles. The number of hydrogen-bond acceptors (Lipinski definition) is 3. The van der Waals surface area contributed by atoms with Gasteiger partial charge in [0.15, 0.2) is 12.4 Å². The van der Waals surface area contributed by atoms with Crippen molar-refractivity contribution in [1.29, 1.82) is 0 Å². The second kappa shape index (κ2) is 7.22. The summed E-state index contributed by atoms with van der Waals surface area (Å²) in [6.07, 6.45) is 0. The molecule has 114 valence electrons. The number of halogens is 1. The molecule has 4 nitrogen and oxygen atoms in total. The number of nitrogens with one attached hydrogen (secondary N) is 1. The molecule has 0 heterocycles. The summed E-state index contributed by atoms with van der Waals surface area (Å²) in [5.41, 5.74) is 2.38. The molecule has 0 aliphatic carbocycles. The van der Waals surface area contributed by atoms with Gasteiger partial charge in [0.2, 0.25) is 0 Å². The number of ketones is 1. The highest BCUT2D eigenvalue weighted by Crippen LogP contribution is 2.20. The zero-order valence-corrected chi connectivity index (χ0v) is 13.9. The molecule has 0 aliphatic heterocycles. The average molecular weight is 362 g/mol. The topological polar surface area (TPSA) is 55.4 Å². The quantitative estimate of drug-likeness (QED) is 0.819. The SMILES string of the molecule is CC(=O)c1ccc(OCC(=O)Nc2ccc(Br)c(C)c2)cc1. The monoisotopic (exact) mass is 361 g/mol. The molecule has 22 heavy (non-hydrogen) atoms. The van der Waals surface area contributed by atoms with E-state index >= 15 is 0 Å². The normalized spacial score (nSPS) is 10.1. The summed E-state index contributed by atoms with van der Waals surface area (Å²) < 4.78 is 6.39. The van der Waals surface area contributed by atoms with Crippen LogP contribution in [0.25, 0.3) is 0 Å². The molecule has 1 amide bonds. The van der Waals surface area contributed by atoms with Crippen LogP contribution in [0.5, 0.6) is 5.75 Å². The first-order chi connectivity index (χ1) is 10.5. The number of rotatable bonds is 5. The fourth-order valence-electron chi connectivity index (χ4n) is 1.85. The van der Waals surface area contributed by atoms with Crippen LogP contribution in [0.2, 0.25) is 0 Å². The minimum absolute atomic E-state index is 0.00472. The van der Waals surface area contributed by atoms with Gasteiger partial charge in [-0.15, -0.1) is 0 Å².